The first-order valence-corrected chi connectivity index (χ1v) is 6.64. The minimum Gasteiger partial charge on any atom is -0.464 e. The molecule has 0 N–H and O–H groups in total. The molecule has 0 aromatic heterocycles. The average molecular weight is 261 g/mol. The Morgan fingerprint density at radius 1 is 1.32 bits per heavy atom. The molecular weight excluding hydrogens is 242 g/mol. The summed E-state index contributed by atoms with van der Waals surface area (Å²) in [4.78, 5) is 25.4. The lowest BCUT2D eigenvalue weighted by Crippen LogP contribution is -2.42. The largest absolute Gasteiger partial charge is 0.464 e. The van der Waals surface area contributed by atoms with Crippen LogP contribution in [0.4, 0.5) is 0 Å². The number of carbonyl (C=O) groups is 2. The van der Waals surface area contributed by atoms with Crippen molar-refractivity contribution in [2.75, 3.05) is 13.2 Å². The van der Waals surface area contributed by atoms with Gasteiger partial charge in [-0.05, 0) is 18.9 Å². The predicted octanol–water partition coefficient (Wildman–Crippen LogP) is 1.95. The zero-order chi connectivity index (χ0) is 13.8. The Bertz CT molecular complexity index is 458. The summed E-state index contributed by atoms with van der Waals surface area (Å²) < 4.78 is 5.13. The number of ether oxygens (including phenoxy) is 1. The maximum atomic E-state index is 12.1. The Balaban J connectivity index is 2.28. The van der Waals surface area contributed by atoms with Gasteiger partial charge in [-0.15, -0.1) is 0 Å². The van der Waals surface area contributed by atoms with Gasteiger partial charge in [-0.2, -0.15) is 0 Å². The number of amides is 1. The number of carbonyl (C=O) groups excluding carboxylic acids is 2. The summed E-state index contributed by atoms with van der Waals surface area (Å²) in [6.45, 7) is 4.23. The molecule has 1 aromatic rings. The first-order valence-electron chi connectivity index (χ1n) is 6.64. The van der Waals surface area contributed by atoms with E-state index in [4.69, 9.17) is 4.74 Å². The van der Waals surface area contributed by atoms with Gasteiger partial charge in [0, 0.05) is 19.4 Å². The van der Waals surface area contributed by atoms with Crippen LogP contribution < -0.4 is 0 Å². The fourth-order valence-electron chi connectivity index (χ4n) is 2.71. The van der Waals surface area contributed by atoms with E-state index in [1.165, 1.54) is 6.92 Å². The Kier molecular flexibility index (Phi) is 4.20. The number of benzene rings is 1. The lowest BCUT2D eigenvalue weighted by atomic mass is 9.92. The van der Waals surface area contributed by atoms with Crippen LogP contribution in [0.25, 0.3) is 0 Å². The molecule has 0 saturated carbocycles. The van der Waals surface area contributed by atoms with Gasteiger partial charge in [0.05, 0.1) is 6.61 Å². The van der Waals surface area contributed by atoms with Crippen molar-refractivity contribution in [2.45, 2.75) is 32.2 Å². The van der Waals surface area contributed by atoms with Gasteiger partial charge < -0.3 is 9.64 Å². The summed E-state index contributed by atoms with van der Waals surface area (Å²) in [7, 11) is 0. The van der Waals surface area contributed by atoms with Gasteiger partial charge in [-0.1, -0.05) is 30.3 Å². The van der Waals surface area contributed by atoms with Crippen molar-refractivity contribution in [2.24, 2.45) is 0 Å². The molecule has 0 unspecified atom stereocenters. The van der Waals surface area contributed by atoms with E-state index in [0.29, 0.717) is 13.2 Å². The second-order valence-electron chi connectivity index (χ2n) is 4.72. The Labute approximate surface area is 113 Å². The molecule has 0 spiro atoms. The van der Waals surface area contributed by atoms with Crippen LogP contribution in [0, 0.1) is 0 Å². The SMILES string of the molecule is CCOC(=O)[C@H]1[C@@H](c2ccccc2)CCN1C(C)=O. The van der Waals surface area contributed by atoms with E-state index in [2.05, 4.69) is 0 Å². The molecule has 2 rings (SSSR count). The molecule has 102 valence electrons. The fourth-order valence-corrected chi connectivity index (χ4v) is 2.71. The predicted molar refractivity (Wildman–Crippen MR) is 71.6 cm³/mol. The molecule has 1 aliphatic heterocycles. The Hall–Kier alpha value is -1.84. The third kappa shape index (κ3) is 2.78. The molecule has 0 bridgehead atoms. The number of nitrogens with zero attached hydrogens (tertiary/aromatic N) is 1. The Morgan fingerprint density at radius 3 is 2.58 bits per heavy atom. The number of rotatable bonds is 3. The smallest absolute Gasteiger partial charge is 0.329 e. The minimum atomic E-state index is -0.486. The third-order valence-electron chi connectivity index (χ3n) is 3.56. The molecule has 4 heteroatoms. The van der Waals surface area contributed by atoms with Crippen molar-refractivity contribution in [3.63, 3.8) is 0 Å². The molecule has 4 nitrogen and oxygen atoms in total. The topological polar surface area (TPSA) is 46.6 Å². The van der Waals surface area contributed by atoms with Crippen molar-refractivity contribution >= 4 is 11.9 Å². The summed E-state index contributed by atoms with van der Waals surface area (Å²) in [5.41, 5.74) is 1.09. The van der Waals surface area contributed by atoms with E-state index in [1.807, 2.05) is 30.3 Å². The van der Waals surface area contributed by atoms with E-state index in [1.54, 1.807) is 11.8 Å². The van der Waals surface area contributed by atoms with Crippen LogP contribution in [0.1, 0.15) is 31.7 Å². The number of esters is 1. The highest BCUT2D eigenvalue weighted by Gasteiger charge is 2.42. The van der Waals surface area contributed by atoms with Crippen molar-refractivity contribution < 1.29 is 14.3 Å². The van der Waals surface area contributed by atoms with Crippen LogP contribution >= 0.6 is 0 Å². The molecule has 1 amide bonds. The van der Waals surface area contributed by atoms with Gasteiger partial charge in [-0.3, -0.25) is 4.79 Å². The maximum Gasteiger partial charge on any atom is 0.329 e. The molecule has 1 saturated heterocycles. The van der Waals surface area contributed by atoms with Gasteiger partial charge in [0.1, 0.15) is 6.04 Å². The van der Waals surface area contributed by atoms with Crippen LogP contribution in [-0.4, -0.2) is 36.0 Å². The van der Waals surface area contributed by atoms with Gasteiger partial charge >= 0.3 is 5.97 Å². The first-order chi connectivity index (χ1) is 9.15. The van der Waals surface area contributed by atoms with Crippen LogP contribution in [0.5, 0.6) is 0 Å². The van der Waals surface area contributed by atoms with Gasteiger partial charge in [0.25, 0.3) is 0 Å². The molecule has 2 atom stereocenters. The van der Waals surface area contributed by atoms with E-state index >= 15 is 0 Å². The van der Waals surface area contributed by atoms with E-state index in [9.17, 15) is 9.59 Å². The number of hydrogen-bond donors (Lipinski definition) is 0. The van der Waals surface area contributed by atoms with Crippen molar-refractivity contribution in [1.29, 1.82) is 0 Å². The van der Waals surface area contributed by atoms with Gasteiger partial charge in [0.15, 0.2) is 0 Å². The minimum absolute atomic E-state index is 0.0316. The summed E-state index contributed by atoms with van der Waals surface area (Å²) in [5.74, 6) is -0.343. The lowest BCUT2D eigenvalue weighted by molar-refractivity contribution is -0.153. The van der Waals surface area contributed by atoms with E-state index in [-0.39, 0.29) is 17.8 Å². The first kappa shape index (κ1) is 13.6. The molecule has 19 heavy (non-hydrogen) atoms. The van der Waals surface area contributed by atoms with Crippen LogP contribution in [0.2, 0.25) is 0 Å². The van der Waals surface area contributed by atoms with E-state index in [0.717, 1.165) is 12.0 Å². The van der Waals surface area contributed by atoms with Crippen LogP contribution in [-0.2, 0) is 14.3 Å². The molecule has 0 radical (unpaired) electrons. The highest BCUT2D eigenvalue weighted by atomic mass is 16.5. The summed E-state index contributed by atoms with van der Waals surface area (Å²) in [6.07, 6.45) is 0.799. The highest BCUT2D eigenvalue weighted by molar-refractivity contribution is 5.85. The monoisotopic (exact) mass is 261 g/mol. The molecule has 1 aromatic carbocycles. The average Bonchev–Trinajstić information content (AvgIpc) is 2.85. The molecule has 1 aliphatic rings. The second kappa shape index (κ2) is 5.87. The summed E-state index contributed by atoms with van der Waals surface area (Å²) in [6, 6.07) is 9.36. The normalized spacial score (nSPS) is 22.3. The lowest BCUT2D eigenvalue weighted by Gasteiger charge is -2.25. The fraction of sp³-hybridized carbons (Fsp3) is 0.467. The molecule has 1 heterocycles. The number of likely N-dealkylation sites (tertiary alicyclic amines) is 1. The highest BCUT2D eigenvalue weighted by Crippen LogP contribution is 2.34. The second-order valence-corrected chi connectivity index (χ2v) is 4.72. The zero-order valence-corrected chi connectivity index (χ0v) is 11.3. The maximum absolute atomic E-state index is 12.1. The molecule has 1 fully saturated rings. The molecule has 0 aliphatic carbocycles. The van der Waals surface area contributed by atoms with Crippen molar-refractivity contribution in [1.82, 2.24) is 4.90 Å². The van der Waals surface area contributed by atoms with Gasteiger partial charge in [0.2, 0.25) is 5.91 Å². The van der Waals surface area contributed by atoms with Crippen molar-refractivity contribution in [3.05, 3.63) is 35.9 Å². The summed E-state index contributed by atoms with van der Waals surface area (Å²) in [5, 5.41) is 0. The van der Waals surface area contributed by atoms with Crippen LogP contribution in [0.3, 0.4) is 0 Å². The standard InChI is InChI=1S/C15H19NO3/c1-3-19-15(18)14-13(9-10-16(14)11(2)17)12-7-5-4-6-8-12/h4-8,13-14H,3,9-10H2,1-2H3/t13-,14-/m1/s1. The van der Waals surface area contributed by atoms with Crippen molar-refractivity contribution in [3.8, 4) is 0 Å². The zero-order valence-electron chi connectivity index (χ0n) is 11.3. The quantitative estimate of drug-likeness (QED) is 0.781. The van der Waals surface area contributed by atoms with E-state index < -0.39 is 6.04 Å². The van der Waals surface area contributed by atoms with Gasteiger partial charge in [-0.25, -0.2) is 4.79 Å². The number of hydrogen-bond acceptors (Lipinski definition) is 3. The van der Waals surface area contributed by atoms with Crippen LogP contribution in [0.15, 0.2) is 30.3 Å². The molecular formula is C15H19NO3. The third-order valence-corrected chi connectivity index (χ3v) is 3.56. The Morgan fingerprint density at radius 2 is 2.00 bits per heavy atom. The summed E-state index contributed by atoms with van der Waals surface area (Å²) >= 11 is 0.